The molecule has 0 heterocycles. The van der Waals surface area contributed by atoms with Crippen LogP contribution in [0.3, 0.4) is 0 Å². The molecule has 0 amide bonds. The molecule has 1 saturated carbocycles. The van der Waals surface area contributed by atoms with Crippen molar-refractivity contribution in [2.45, 2.75) is 51.6 Å². The predicted molar refractivity (Wildman–Crippen MR) is 81.5 cm³/mol. The van der Waals surface area contributed by atoms with Crippen LogP contribution in [0.5, 0.6) is 5.75 Å². The molecule has 1 N–H and O–H groups in total. The number of benzene rings is 1. The molecule has 1 fully saturated rings. The summed E-state index contributed by atoms with van der Waals surface area (Å²) in [5, 5.41) is 10.6. The molecule has 19 heavy (non-hydrogen) atoms. The molecule has 0 radical (unpaired) electrons. The normalized spacial score (nSPS) is 18.9. The zero-order chi connectivity index (χ0) is 13.7. The third-order valence-electron chi connectivity index (χ3n) is 3.94. The zero-order valence-corrected chi connectivity index (χ0v) is 13.2. The van der Waals surface area contributed by atoms with Crippen LogP contribution < -0.4 is 4.74 Å². The molecule has 1 atom stereocenters. The maximum Gasteiger partial charge on any atom is 0.133 e. The van der Waals surface area contributed by atoms with Gasteiger partial charge in [0.05, 0.1) is 17.2 Å². The summed E-state index contributed by atoms with van der Waals surface area (Å²) in [6.07, 6.45) is 7.08. The highest BCUT2D eigenvalue weighted by molar-refractivity contribution is 9.10. The SMILES string of the molecule is CCOc1ccc(C(O)C2CCCCCC2)cc1Br. The molecule has 1 aromatic rings. The summed E-state index contributed by atoms with van der Waals surface area (Å²) in [6, 6.07) is 5.94. The van der Waals surface area contributed by atoms with Crippen molar-refractivity contribution < 1.29 is 9.84 Å². The van der Waals surface area contributed by atoms with E-state index in [4.69, 9.17) is 4.74 Å². The molecule has 1 aliphatic rings. The molecule has 1 aromatic carbocycles. The van der Waals surface area contributed by atoms with Crippen molar-refractivity contribution in [1.82, 2.24) is 0 Å². The van der Waals surface area contributed by atoms with Crippen molar-refractivity contribution in [2.75, 3.05) is 6.61 Å². The molecular formula is C16H23BrO2. The van der Waals surface area contributed by atoms with Gasteiger partial charge in [-0.05, 0) is 59.3 Å². The Balaban J connectivity index is 2.09. The van der Waals surface area contributed by atoms with Crippen LogP contribution in [0, 0.1) is 5.92 Å². The van der Waals surface area contributed by atoms with Crippen molar-refractivity contribution in [3.63, 3.8) is 0 Å². The van der Waals surface area contributed by atoms with E-state index in [0.717, 1.165) is 28.6 Å². The molecule has 2 rings (SSSR count). The molecular weight excluding hydrogens is 304 g/mol. The monoisotopic (exact) mass is 326 g/mol. The number of aliphatic hydroxyl groups excluding tert-OH is 1. The van der Waals surface area contributed by atoms with Crippen LogP contribution in [0.4, 0.5) is 0 Å². The van der Waals surface area contributed by atoms with Gasteiger partial charge in [0, 0.05) is 0 Å². The Morgan fingerprint density at radius 1 is 1.26 bits per heavy atom. The van der Waals surface area contributed by atoms with Gasteiger partial charge in [0.25, 0.3) is 0 Å². The first-order valence-corrected chi connectivity index (χ1v) is 8.12. The van der Waals surface area contributed by atoms with Gasteiger partial charge in [0.2, 0.25) is 0 Å². The second-order valence-electron chi connectivity index (χ2n) is 5.32. The summed E-state index contributed by atoms with van der Waals surface area (Å²) in [5.74, 6) is 1.26. The Kier molecular flexibility index (Phi) is 5.71. The molecule has 106 valence electrons. The maximum absolute atomic E-state index is 10.6. The first-order valence-electron chi connectivity index (χ1n) is 7.32. The number of halogens is 1. The van der Waals surface area contributed by atoms with Crippen molar-refractivity contribution in [1.29, 1.82) is 0 Å². The minimum atomic E-state index is -0.343. The summed E-state index contributed by atoms with van der Waals surface area (Å²) < 4.78 is 6.44. The van der Waals surface area contributed by atoms with Crippen LogP contribution in [0.1, 0.15) is 57.1 Å². The number of ether oxygens (including phenoxy) is 1. The molecule has 1 unspecified atom stereocenters. The highest BCUT2D eigenvalue weighted by Gasteiger charge is 2.22. The molecule has 1 aliphatic carbocycles. The molecule has 0 aliphatic heterocycles. The summed E-state index contributed by atoms with van der Waals surface area (Å²) >= 11 is 3.52. The quantitative estimate of drug-likeness (QED) is 0.801. The van der Waals surface area contributed by atoms with E-state index in [1.54, 1.807) is 0 Å². The minimum Gasteiger partial charge on any atom is -0.493 e. The van der Waals surface area contributed by atoms with E-state index in [2.05, 4.69) is 15.9 Å². The number of rotatable bonds is 4. The first-order chi connectivity index (χ1) is 9.22. The van der Waals surface area contributed by atoms with Crippen LogP contribution in [0.25, 0.3) is 0 Å². The van der Waals surface area contributed by atoms with E-state index in [9.17, 15) is 5.11 Å². The van der Waals surface area contributed by atoms with Crippen molar-refractivity contribution >= 4 is 15.9 Å². The lowest BCUT2D eigenvalue weighted by Crippen LogP contribution is -2.12. The van der Waals surface area contributed by atoms with E-state index in [1.165, 1.54) is 25.7 Å². The number of hydrogen-bond donors (Lipinski definition) is 1. The fraction of sp³-hybridized carbons (Fsp3) is 0.625. The van der Waals surface area contributed by atoms with Crippen LogP contribution in [-0.4, -0.2) is 11.7 Å². The molecule has 3 heteroatoms. The fourth-order valence-corrected chi connectivity index (χ4v) is 3.38. The van der Waals surface area contributed by atoms with Gasteiger partial charge in [-0.2, -0.15) is 0 Å². The average molecular weight is 327 g/mol. The number of aliphatic hydroxyl groups is 1. The third kappa shape index (κ3) is 3.96. The van der Waals surface area contributed by atoms with Crippen molar-refractivity contribution in [2.24, 2.45) is 5.92 Å². The molecule has 0 bridgehead atoms. The van der Waals surface area contributed by atoms with Gasteiger partial charge in [0.1, 0.15) is 5.75 Å². The lowest BCUT2D eigenvalue weighted by Gasteiger charge is -2.22. The van der Waals surface area contributed by atoms with Crippen LogP contribution in [0.2, 0.25) is 0 Å². The standard InChI is InChI=1S/C16H23BrO2/c1-2-19-15-10-9-13(11-14(15)17)16(18)12-7-5-3-4-6-8-12/h9-12,16,18H,2-8H2,1H3. The van der Waals surface area contributed by atoms with Gasteiger partial charge in [-0.15, -0.1) is 0 Å². The van der Waals surface area contributed by atoms with Gasteiger partial charge in [-0.3, -0.25) is 0 Å². The van der Waals surface area contributed by atoms with Gasteiger partial charge in [-0.1, -0.05) is 31.7 Å². The topological polar surface area (TPSA) is 29.5 Å². The second-order valence-corrected chi connectivity index (χ2v) is 6.17. The van der Waals surface area contributed by atoms with E-state index in [1.807, 2.05) is 25.1 Å². The highest BCUT2D eigenvalue weighted by Crippen LogP contribution is 2.36. The Labute approximate surface area is 124 Å². The average Bonchev–Trinajstić information content (AvgIpc) is 2.69. The smallest absolute Gasteiger partial charge is 0.133 e. The number of hydrogen-bond acceptors (Lipinski definition) is 2. The van der Waals surface area contributed by atoms with E-state index in [0.29, 0.717) is 12.5 Å². The maximum atomic E-state index is 10.6. The van der Waals surface area contributed by atoms with Gasteiger partial charge in [-0.25, -0.2) is 0 Å². The largest absolute Gasteiger partial charge is 0.493 e. The Morgan fingerprint density at radius 3 is 2.53 bits per heavy atom. The third-order valence-corrected chi connectivity index (χ3v) is 4.56. The van der Waals surface area contributed by atoms with Gasteiger partial charge < -0.3 is 9.84 Å². The first kappa shape index (κ1) is 14.9. The van der Waals surface area contributed by atoms with Gasteiger partial charge in [0.15, 0.2) is 0 Å². The highest BCUT2D eigenvalue weighted by atomic mass is 79.9. The van der Waals surface area contributed by atoms with Gasteiger partial charge >= 0.3 is 0 Å². The Morgan fingerprint density at radius 2 is 1.95 bits per heavy atom. The van der Waals surface area contributed by atoms with E-state index in [-0.39, 0.29) is 6.10 Å². The lowest BCUT2D eigenvalue weighted by atomic mass is 9.89. The van der Waals surface area contributed by atoms with Crippen LogP contribution in [0.15, 0.2) is 22.7 Å². The summed E-state index contributed by atoms with van der Waals surface area (Å²) in [4.78, 5) is 0. The summed E-state index contributed by atoms with van der Waals surface area (Å²) in [7, 11) is 0. The lowest BCUT2D eigenvalue weighted by molar-refractivity contribution is 0.0987. The van der Waals surface area contributed by atoms with Crippen LogP contribution >= 0.6 is 15.9 Å². The Bertz CT molecular complexity index is 398. The van der Waals surface area contributed by atoms with E-state index < -0.39 is 0 Å². The second kappa shape index (κ2) is 7.30. The fourth-order valence-electron chi connectivity index (χ4n) is 2.87. The zero-order valence-electron chi connectivity index (χ0n) is 11.6. The molecule has 0 saturated heterocycles. The molecule has 2 nitrogen and oxygen atoms in total. The summed E-state index contributed by atoms with van der Waals surface area (Å²) in [5.41, 5.74) is 1.00. The van der Waals surface area contributed by atoms with E-state index >= 15 is 0 Å². The predicted octanol–water partition coefficient (Wildman–Crippen LogP) is 4.85. The Hall–Kier alpha value is -0.540. The van der Waals surface area contributed by atoms with Crippen molar-refractivity contribution in [3.8, 4) is 5.75 Å². The minimum absolute atomic E-state index is 0.343. The summed E-state index contributed by atoms with van der Waals surface area (Å²) in [6.45, 7) is 2.63. The van der Waals surface area contributed by atoms with Crippen LogP contribution in [-0.2, 0) is 0 Å². The van der Waals surface area contributed by atoms with Crippen molar-refractivity contribution in [3.05, 3.63) is 28.2 Å². The molecule has 0 spiro atoms. The molecule has 0 aromatic heterocycles.